The van der Waals surface area contributed by atoms with Crippen LogP contribution in [0.4, 0.5) is 0 Å². The lowest BCUT2D eigenvalue weighted by atomic mass is 10.5. The first-order valence-corrected chi connectivity index (χ1v) is 10.8. The second-order valence-electron chi connectivity index (χ2n) is 3.39. The van der Waals surface area contributed by atoms with Crippen molar-refractivity contribution in [3.8, 4) is 0 Å². The van der Waals surface area contributed by atoms with Gasteiger partial charge in [-0.25, -0.2) is 0 Å². The van der Waals surface area contributed by atoms with E-state index in [1.54, 1.807) is 11.8 Å². The van der Waals surface area contributed by atoms with E-state index < -0.39 is 0 Å². The normalized spacial score (nSPS) is 14.8. The SMILES string of the molecule is OC(CSCCS)CSCC(CS)SCCS. The molecule has 0 rings (SSSR count). The maximum Gasteiger partial charge on any atom is 0.0720 e. The molecule has 17 heavy (non-hydrogen) atoms. The van der Waals surface area contributed by atoms with Crippen LogP contribution >= 0.6 is 73.2 Å². The molecule has 0 aliphatic heterocycles. The fourth-order valence-corrected chi connectivity index (χ4v) is 5.32. The summed E-state index contributed by atoms with van der Waals surface area (Å²) in [5.74, 6) is 7.51. The quantitative estimate of drug-likeness (QED) is 0.320. The van der Waals surface area contributed by atoms with Crippen LogP contribution in [0, 0.1) is 0 Å². The van der Waals surface area contributed by atoms with Crippen molar-refractivity contribution in [1.82, 2.24) is 0 Å². The molecule has 0 spiro atoms. The van der Waals surface area contributed by atoms with Crippen LogP contribution in [0.2, 0.25) is 0 Å². The lowest BCUT2D eigenvalue weighted by molar-refractivity contribution is 0.225. The molecule has 1 N–H and O–H groups in total. The van der Waals surface area contributed by atoms with E-state index in [1.807, 2.05) is 23.5 Å². The molecule has 0 saturated heterocycles. The summed E-state index contributed by atoms with van der Waals surface area (Å²) >= 11 is 18.2. The first-order valence-electron chi connectivity index (χ1n) is 5.52. The molecule has 0 amide bonds. The van der Waals surface area contributed by atoms with Gasteiger partial charge in [0.25, 0.3) is 0 Å². The summed E-state index contributed by atoms with van der Waals surface area (Å²) in [5.41, 5.74) is 0. The molecule has 7 heteroatoms. The fraction of sp³-hybridized carbons (Fsp3) is 1.00. The van der Waals surface area contributed by atoms with Crippen LogP contribution in [-0.4, -0.2) is 62.5 Å². The van der Waals surface area contributed by atoms with Crippen LogP contribution in [0.25, 0.3) is 0 Å². The molecule has 0 aromatic carbocycles. The van der Waals surface area contributed by atoms with E-state index >= 15 is 0 Å². The van der Waals surface area contributed by atoms with Crippen molar-refractivity contribution in [2.45, 2.75) is 11.4 Å². The molecule has 0 radical (unpaired) electrons. The van der Waals surface area contributed by atoms with Crippen LogP contribution in [0.15, 0.2) is 0 Å². The molecule has 2 unspecified atom stereocenters. The van der Waals surface area contributed by atoms with E-state index in [0.29, 0.717) is 5.25 Å². The summed E-state index contributed by atoms with van der Waals surface area (Å²) in [5, 5.41) is 10.3. The summed E-state index contributed by atoms with van der Waals surface area (Å²) < 4.78 is 0. The highest BCUT2D eigenvalue weighted by molar-refractivity contribution is 8.04. The van der Waals surface area contributed by atoms with Gasteiger partial charge in [0.2, 0.25) is 0 Å². The average molecular weight is 351 g/mol. The highest BCUT2D eigenvalue weighted by Crippen LogP contribution is 2.19. The van der Waals surface area contributed by atoms with Crippen LogP contribution in [-0.2, 0) is 0 Å². The van der Waals surface area contributed by atoms with Gasteiger partial charge in [-0.2, -0.15) is 73.2 Å². The molecule has 1 nitrogen and oxygen atoms in total. The van der Waals surface area contributed by atoms with E-state index in [1.165, 1.54) is 0 Å². The monoisotopic (exact) mass is 350 g/mol. The van der Waals surface area contributed by atoms with E-state index in [4.69, 9.17) is 0 Å². The van der Waals surface area contributed by atoms with E-state index in [-0.39, 0.29) is 6.10 Å². The number of aliphatic hydroxyl groups excluding tert-OH is 1. The second-order valence-corrected chi connectivity index (χ2v) is 8.28. The smallest absolute Gasteiger partial charge is 0.0720 e. The van der Waals surface area contributed by atoms with Crippen molar-refractivity contribution in [2.75, 3.05) is 46.0 Å². The van der Waals surface area contributed by atoms with Crippen molar-refractivity contribution in [3.05, 3.63) is 0 Å². The molecule has 104 valence electrons. The van der Waals surface area contributed by atoms with E-state index in [2.05, 4.69) is 37.9 Å². The molecule has 0 aliphatic rings. The Kier molecular flexibility index (Phi) is 16.2. The molecule has 0 aromatic heterocycles. The summed E-state index contributed by atoms with van der Waals surface area (Å²) in [6.45, 7) is 0. The topological polar surface area (TPSA) is 20.2 Å². The Morgan fingerprint density at radius 2 is 1.53 bits per heavy atom. The second kappa shape index (κ2) is 14.5. The Hall–Kier alpha value is 2.06. The Bertz CT molecular complexity index is 160. The van der Waals surface area contributed by atoms with Crippen LogP contribution in [0.1, 0.15) is 0 Å². The Morgan fingerprint density at radius 3 is 2.12 bits per heavy atom. The minimum Gasteiger partial charge on any atom is -0.391 e. The zero-order chi connectivity index (χ0) is 12.9. The maximum absolute atomic E-state index is 9.73. The van der Waals surface area contributed by atoms with Gasteiger partial charge in [-0.1, -0.05) is 0 Å². The van der Waals surface area contributed by atoms with Gasteiger partial charge in [0.15, 0.2) is 0 Å². The summed E-state index contributed by atoms with van der Waals surface area (Å²) in [6, 6.07) is 0. The lowest BCUT2D eigenvalue weighted by Crippen LogP contribution is -2.17. The molecule has 0 bridgehead atoms. The number of aliphatic hydroxyl groups is 1. The zero-order valence-corrected chi connectivity index (χ0v) is 15.0. The van der Waals surface area contributed by atoms with Crippen molar-refractivity contribution in [1.29, 1.82) is 0 Å². The molecule has 2 atom stereocenters. The third kappa shape index (κ3) is 12.8. The van der Waals surface area contributed by atoms with Crippen molar-refractivity contribution in [3.63, 3.8) is 0 Å². The standard InChI is InChI=1S/C10H22OS6/c11-9(6-15-3-1-12)7-16-8-10(5-14)17-4-2-13/h9-14H,1-8H2. The van der Waals surface area contributed by atoms with Crippen molar-refractivity contribution >= 4 is 73.2 Å². The van der Waals surface area contributed by atoms with Gasteiger partial charge in [0, 0.05) is 39.8 Å². The van der Waals surface area contributed by atoms with Crippen LogP contribution in [0.5, 0.6) is 0 Å². The van der Waals surface area contributed by atoms with Crippen LogP contribution < -0.4 is 0 Å². The van der Waals surface area contributed by atoms with Crippen molar-refractivity contribution in [2.24, 2.45) is 0 Å². The van der Waals surface area contributed by atoms with Gasteiger partial charge in [0.05, 0.1) is 6.10 Å². The Labute approximate surface area is 135 Å². The predicted molar refractivity (Wildman–Crippen MR) is 98.5 cm³/mol. The number of hydrogen-bond acceptors (Lipinski definition) is 7. The summed E-state index contributed by atoms with van der Waals surface area (Å²) in [4.78, 5) is 0. The molecule has 0 fully saturated rings. The minimum absolute atomic E-state index is 0.194. The Morgan fingerprint density at radius 1 is 0.882 bits per heavy atom. The molecule has 0 saturated carbocycles. The first-order chi connectivity index (χ1) is 8.24. The molecule has 0 aromatic rings. The van der Waals surface area contributed by atoms with Crippen LogP contribution in [0.3, 0.4) is 0 Å². The van der Waals surface area contributed by atoms with Gasteiger partial charge in [-0.15, -0.1) is 0 Å². The third-order valence-corrected chi connectivity index (χ3v) is 7.38. The first kappa shape index (κ1) is 19.1. The number of rotatable bonds is 12. The summed E-state index contributed by atoms with van der Waals surface area (Å²) in [6.07, 6.45) is -0.194. The fourth-order valence-electron chi connectivity index (χ4n) is 1.04. The van der Waals surface area contributed by atoms with Gasteiger partial charge in [-0.05, 0) is 11.5 Å². The zero-order valence-electron chi connectivity index (χ0n) is 9.83. The molecule has 0 aliphatic carbocycles. The molecule has 0 heterocycles. The summed E-state index contributed by atoms with van der Waals surface area (Å²) in [7, 11) is 0. The van der Waals surface area contributed by atoms with Gasteiger partial charge < -0.3 is 5.11 Å². The lowest BCUT2D eigenvalue weighted by Gasteiger charge is -2.15. The minimum atomic E-state index is -0.194. The van der Waals surface area contributed by atoms with Crippen molar-refractivity contribution < 1.29 is 5.11 Å². The highest BCUT2D eigenvalue weighted by Gasteiger charge is 2.09. The predicted octanol–water partition coefficient (Wildman–Crippen LogP) is 2.70. The maximum atomic E-state index is 9.73. The molecular formula is C10H22OS6. The average Bonchev–Trinajstić information content (AvgIpc) is 2.34. The number of thioether (sulfide) groups is 3. The van der Waals surface area contributed by atoms with Gasteiger partial charge in [-0.3, -0.25) is 0 Å². The number of hydrogen-bond donors (Lipinski definition) is 4. The van der Waals surface area contributed by atoms with Gasteiger partial charge >= 0.3 is 0 Å². The van der Waals surface area contributed by atoms with E-state index in [9.17, 15) is 5.11 Å². The number of thiol groups is 3. The van der Waals surface area contributed by atoms with Gasteiger partial charge in [0.1, 0.15) is 0 Å². The van der Waals surface area contributed by atoms with E-state index in [0.717, 1.165) is 46.0 Å². The largest absolute Gasteiger partial charge is 0.391 e. The third-order valence-electron chi connectivity index (χ3n) is 1.81. The molecular weight excluding hydrogens is 329 g/mol. The Balaban J connectivity index is 3.45. The highest BCUT2D eigenvalue weighted by atomic mass is 32.2.